The zero-order valence-corrected chi connectivity index (χ0v) is 6.49. The summed E-state index contributed by atoms with van der Waals surface area (Å²) in [5, 5.41) is 9.13. The first kappa shape index (κ1) is 8.27. The van der Waals surface area contributed by atoms with Gasteiger partial charge in [-0.25, -0.2) is 0 Å². The maximum absolute atomic E-state index is 10.9. The lowest BCUT2D eigenvalue weighted by Crippen LogP contribution is -2.23. The normalized spacial score (nSPS) is 30.0. The first-order valence-corrected chi connectivity index (χ1v) is 3.66. The highest BCUT2D eigenvalue weighted by Crippen LogP contribution is 2.19. The lowest BCUT2D eigenvalue weighted by molar-refractivity contribution is -0.146. The quantitative estimate of drug-likeness (QED) is 0.444. The van der Waals surface area contributed by atoms with Gasteiger partial charge < -0.3 is 9.84 Å². The maximum atomic E-state index is 10.9. The summed E-state index contributed by atoms with van der Waals surface area (Å²) in [5.41, 5.74) is 0. The van der Waals surface area contributed by atoms with Crippen LogP contribution in [-0.2, 0) is 9.53 Å². The Morgan fingerprint density at radius 1 is 1.73 bits per heavy atom. The van der Waals surface area contributed by atoms with Gasteiger partial charge in [0.15, 0.2) is 0 Å². The van der Waals surface area contributed by atoms with E-state index in [1.807, 2.05) is 6.08 Å². The highest BCUT2D eigenvalue weighted by molar-refractivity contribution is 5.72. The SMILES string of the molecule is COC(=O)[C@@H]1CC=CC(O)C1. The van der Waals surface area contributed by atoms with Gasteiger partial charge in [-0.2, -0.15) is 0 Å². The van der Waals surface area contributed by atoms with Crippen molar-refractivity contribution in [3.8, 4) is 0 Å². The highest BCUT2D eigenvalue weighted by Gasteiger charge is 2.23. The maximum Gasteiger partial charge on any atom is 0.309 e. The molecule has 0 aromatic heterocycles. The van der Waals surface area contributed by atoms with Crippen molar-refractivity contribution < 1.29 is 14.6 Å². The number of hydrogen-bond acceptors (Lipinski definition) is 3. The van der Waals surface area contributed by atoms with Gasteiger partial charge in [0.25, 0.3) is 0 Å². The molecule has 0 amide bonds. The van der Waals surface area contributed by atoms with Gasteiger partial charge in [-0.15, -0.1) is 0 Å². The molecule has 0 bridgehead atoms. The van der Waals surface area contributed by atoms with E-state index in [0.29, 0.717) is 12.8 Å². The average molecular weight is 156 g/mol. The van der Waals surface area contributed by atoms with Crippen LogP contribution in [0, 0.1) is 5.92 Å². The van der Waals surface area contributed by atoms with E-state index in [1.54, 1.807) is 6.08 Å². The van der Waals surface area contributed by atoms with Gasteiger partial charge in [-0.3, -0.25) is 4.79 Å². The molecule has 0 aromatic rings. The molecule has 1 aliphatic rings. The van der Waals surface area contributed by atoms with E-state index in [2.05, 4.69) is 4.74 Å². The van der Waals surface area contributed by atoms with Crippen LogP contribution in [0.25, 0.3) is 0 Å². The number of carbonyl (C=O) groups excluding carboxylic acids is 1. The van der Waals surface area contributed by atoms with Gasteiger partial charge in [-0.05, 0) is 12.8 Å². The Balaban J connectivity index is 2.49. The Bertz CT molecular complexity index is 174. The van der Waals surface area contributed by atoms with Crippen molar-refractivity contribution >= 4 is 5.97 Å². The van der Waals surface area contributed by atoms with Gasteiger partial charge in [0.1, 0.15) is 0 Å². The molecular weight excluding hydrogens is 144 g/mol. The van der Waals surface area contributed by atoms with Gasteiger partial charge in [0.2, 0.25) is 0 Å². The Morgan fingerprint density at radius 3 is 3.00 bits per heavy atom. The predicted molar refractivity (Wildman–Crippen MR) is 39.9 cm³/mol. The van der Waals surface area contributed by atoms with Crippen LogP contribution in [0.3, 0.4) is 0 Å². The van der Waals surface area contributed by atoms with Crippen LogP contribution in [-0.4, -0.2) is 24.3 Å². The zero-order valence-electron chi connectivity index (χ0n) is 6.49. The number of carbonyl (C=O) groups is 1. The van der Waals surface area contributed by atoms with Gasteiger partial charge in [0, 0.05) is 0 Å². The standard InChI is InChI=1S/C8H12O3/c1-11-8(10)6-3-2-4-7(9)5-6/h2,4,6-7,9H,3,5H2,1H3/t6-,7?/m1/s1. The average Bonchev–Trinajstić information content (AvgIpc) is 2.03. The molecule has 0 aromatic carbocycles. The van der Waals surface area contributed by atoms with E-state index in [4.69, 9.17) is 5.11 Å². The third-order valence-corrected chi connectivity index (χ3v) is 1.84. The molecule has 0 spiro atoms. The Hall–Kier alpha value is -0.830. The number of hydrogen-bond donors (Lipinski definition) is 1. The Kier molecular flexibility index (Phi) is 2.65. The second kappa shape index (κ2) is 3.53. The van der Waals surface area contributed by atoms with E-state index >= 15 is 0 Å². The van der Waals surface area contributed by atoms with Crippen LogP contribution < -0.4 is 0 Å². The van der Waals surface area contributed by atoms with Crippen molar-refractivity contribution in [2.45, 2.75) is 18.9 Å². The molecule has 11 heavy (non-hydrogen) atoms. The van der Waals surface area contributed by atoms with E-state index in [0.717, 1.165) is 0 Å². The molecule has 62 valence electrons. The topological polar surface area (TPSA) is 46.5 Å². The fourth-order valence-corrected chi connectivity index (χ4v) is 1.23. The Morgan fingerprint density at radius 2 is 2.45 bits per heavy atom. The zero-order chi connectivity index (χ0) is 8.27. The lowest BCUT2D eigenvalue weighted by Gasteiger charge is -2.18. The fraction of sp³-hybridized carbons (Fsp3) is 0.625. The van der Waals surface area contributed by atoms with E-state index in [-0.39, 0.29) is 11.9 Å². The number of aliphatic hydroxyl groups is 1. The molecule has 1 N–H and O–H groups in total. The minimum absolute atomic E-state index is 0.153. The number of rotatable bonds is 1. The molecule has 1 aliphatic carbocycles. The summed E-state index contributed by atoms with van der Waals surface area (Å²) in [5.74, 6) is -0.381. The van der Waals surface area contributed by atoms with Crippen molar-refractivity contribution in [3.63, 3.8) is 0 Å². The molecule has 0 radical (unpaired) electrons. The first-order valence-electron chi connectivity index (χ1n) is 3.66. The van der Waals surface area contributed by atoms with Crippen molar-refractivity contribution in [1.29, 1.82) is 0 Å². The van der Waals surface area contributed by atoms with E-state index in [9.17, 15) is 4.79 Å². The number of ether oxygens (including phenoxy) is 1. The molecule has 0 fully saturated rings. The third-order valence-electron chi connectivity index (χ3n) is 1.84. The summed E-state index contributed by atoms with van der Waals surface area (Å²) in [4.78, 5) is 10.9. The van der Waals surface area contributed by atoms with Gasteiger partial charge in [0.05, 0.1) is 19.1 Å². The summed E-state index contributed by atoms with van der Waals surface area (Å²) >= 11 is 0. The molecule has 0 saturated heterocycles. The fourth-order valence-electron chi connectivity index (χ4n) is 1.23. The van der Waals surface area contributed by atoms with Crippen LogP contribution in [0.15, 0.2) is 12.2 Å². The van der Waals surface area contributed by atoms with Gasteiger partial charge in [-0.1, -0.05) is 12.2 Å². The minimum atomic E-state index is -0.479. The summed E-state index contributed by atoms with van der Waals surface area (Å²) in [7, 11) is 1.37. The molecule has 0 heterocycles. The second-order valence-electron chi connectivity index (χ2n) is 2.69. The molecule has 3 nitrogen and oxygen atoms in total. The summed E-state index contributed by atoms with van der Waals surface area (Å²) < 4.78 is 4.55. The highest BCUT2D eigenvalue weighted by atomic mass is 16.5. The molecule has 2 atom stereocenters. The van der Waals surface area contributed by atoms with Crippen molar-refractivity contribution in [3.05, 3.63) is 12.2 Å². The smallest absolute Gasteiger partial charge is 0.309 e. The van der Waals surface area contributed by atoms with Crippen LogP contribution in [0.4, 0.5) is 0 Å². The van der Waals surface area contributed by atoms with E-state index in [1.165, 1.54) is 7.11 Å². The lowest BCUT2D eigenvalue weighted by atomic mass is 9.93. The molecule has 3 heteroatoms. The summed E-state index contributed by atoms with van der Waals surface area (Å²) in [6.07, 6.45) is 4.22. The summed E-state index contributed by atoms with van der Waals surface area (Å²) in [6, 6.07) is 0. The largest absolute Gasteiger partial charge is 0.469 e. The Labute approximate surface area is 65.7 Å². The molecule has 0 saturated carbocycles. The van der Waals surface area contributed by atoms with Crippen molar-refractivity contribution in [2.24, 2.45) is 5.92 Å². The van der Waals surface area contributed by atoms with Crippen molar-refractivity contribution in [2.75, 3.05) is 7.11 Å². The minimum Gasteiger partial charge on any atom is -0.469 e. The molecule has 0 aliphatic heterocycles. The molecular formula is C8H12O3. The first-order chi connectivity index (χ1) is 5.24. The van der Waals surface area contributed by atoms with Crippen LogP contribution in [0.5, 0.6) is 0 Å². The van der Waals surface area contributed by atoms with Crippen LogP contribution in [0.2, 0.25) is 0 Å². The monoisotopic (exact) mass is 156 g/mol. The number of esters is 1. The van der Waals surface area contributed by atoms with Crippen LogP contribution >= 0.6 is 0 Å². The molecule has 1 unspecified atom stereocenters. The van der Waals surface area contributed by atoms with Gasteiger partial charge >= 0.3 is 5.97 Å². The summed E-state index contributed by atoms with van der Waals surface area (Å²) in [6.45, 7) is 0. The molecule has 1 rings (SSSR count). The van der Waals surface area contributed by atoms with Crippen molar-refractivity contribution in [1.82, 2.24) is 0 Å². The number of allylic oxidation sites excluding steroid dienone is 1. The van der Waals surface area contributed by atoms with E-state index < -0.39 is 6.10 Å². The predicted octanol–water partition coefficient (Wildman–Crippen LogP) is 0.486. The van der Waals surface area contributed by atoms with Crippen LogP contribution in [0.1, 0.15) is 12.8 Å². The second-order valence-corrected chi connectivity index (χ2v) is 2.69. The number of aliphatic hydroxyl groups excluding tert-OH is 1. The number of methoxy groups -OCH3 is 1. The third kappa shape index (κ3) is 2.05.